The molecular weight excluding hydrogens is 346 g/mol. The van der Waals surface area contributed by atoms with Crippen molar-refractivity contribution in [2.75, 3.05) is 6.54 Å². The maximum Gasteiger partial charge on any atom is 0.243 e. The zero-order valence-corrected chi connectivity index (χ0v) is 17.0. The van der Waals surface area contributed by atoms with Gasteiger partial charge in [-0.05, 0) is 48.6 Å². The minimum atomic E-state index is -0.0641. The van der Waals surface area contributed by atoms with E-state index in [1.54, 1.807) is 12.2 Å². The van der Waals surface area contributed by atoms with E-state index in [1.807, 2.05) is 25.1 Å². The van der Waals surface area contributed by atoms with Gasteiger partial charge in [0.15, 0.2) is 0 Å². The zero-order valence-electron chi connectivity index (χ0n) is 17.0. The highest BCUT2D eigenvalue weighted by atomic mass is 16.1. The summed E-state index contributed by atoms with van der Waals surface area (Å²) in [5.41, 5.74) is 4.76. The first-order valence-corrected chi connectivity index (χ1v) is 10.1. The lowest BCUT2D eigenvalue weighted by atomic mass is 9.98. The smallest absolute Gasteiger partial charge is 0.243 e. The van der Waals surface area contributed by atoms with E-state index in [-0.39, 0.29) is 5.91 Å². The molecule has 28 heavy (non-hydrogen) atoms. The summed E-state index contributed by atoms with van der Waals surface area (Å²) in [5, 5.41) is 2.91. The largest absolute Gasteiger partial charge is 0.352 e. The van der Waals surface area contributed by atoms with Gasteiger partial charge in [-0.1, -0.05) is 56.3 Å². The van der Waals surface area contributed by atoms with Crippen molar-refractivity contribution in [2.45, 2.75) is 46.1 Å². The van der Waals surface area contributed by atoms with Gasteiger partial charge in [0.05, 0.1) is 11.0 Å². The van der Waals surface area contributed by atoms with Gasteiger partial charge in [0.1, 0.15) is 5.82 Å². The monoisotopic (exact) mass is 375 g/mol. The molecule has 0 saturated carbocycles. The maximum absolute atomic E-state index is 11.7. The molecule has 0 saturated heterocycles. The second kappa shape index (κ2) is 9.36. The average molecular weight is 376 g/mol. The molecule has 0 aliphatic heterocycles. The number of rotatable bonds is 8. The summed E-state index contributed by atoms with van der Waals surface area (Å²) in [7, 11) is 0. The molecule has 3 rings (SSSR count). The van der Waals surface area contributed by atoms with Crippen molar-refractivity contribution in [2.24, 2.45) is 0 Å². The Hall–Kier alpha value is -2.88. The highest BCUT2D eigenvalue weighted by Gasteiger charge is 2.11. The molecule has 4 heteroatoms. The number of nitrogens with one attached hydrogen (secondary N) is 1. The Morgan fingerprint density at radius 3 is 2.64 bits per heavy atom. The second-order valence-electron chi connectivity index (χ2n) is 7.19. The molecule has 0 fully saturated rings. The molecule has 0 aliphatic carbocycles. The molecule has 146 valence electrons. The van der Waals surface area contributed by atoms with Crippen molar-refractivity contribution in [1.29, 1.82) is 0 Å². The van der Waals surface area contributed by atoms with Crippen molar-refractivity contribution in [3.8, 4) is 0 Å². The number of carbonyl (C=O) groups is 1. The summed E-state index contributed by atoms with van der Waals surface area (Å²) in [5.74, 6) is 1.51. The third-order valence-corrected chi connectivity index (χ3v) is 5.20. The normalized spacial score (nSPS) is 12.5. The molecule has 0 bridgehead atoms. The van der Waals surface area contributed by atoms with Gasteiger partial charge in [-0.2, -0.15) is 0 Å². The van der Waals surface area contributed by atoms with E-state index >= 15 is 0 Å². The fourth-order valence-corrected chi connectivity index (χ4v) is 3.37. The SMILES string of the molecule is C/C=C/C(=O)NCCc1nc2ccccc2n1Cc1ccc(C(C)CC)cc1. The Morgan fingerprint density at radius 1 is 1.18 bits per heavy atom. The van der Waals surface area contributed by atoms with Crippen LogP contribution in [0.5, 0.6) is 0 Å². The second-order valence-corrected chi connectivity index (χ2v) is 7.19. The summed E-state index contributed by atoms with van der Waals surface area (Å²) in [4.78, 5) is 16.5. The Kier molecular flexibility index (Phi) is 6.64. The average Bonchev–Trinajstić information content (AvgIpc) is 3.05. The first-order chi connectivity index (χ1) is 13.6. The van der Waals surface area contributed by atoms with Crippen molar-refractivity contribution < 1.29 is 4.79 Å². The van der Waals surface area contributed by atoms with Gasteiger partial charge in [0.2, 0.25) is 5.91 Å². The number of hydrogen-bond acceptors (Lipinski definition) is 2. The van der Waals surface area contributed by atoms with E-state index in [0.717, 1.165) is 29.8 Å². The number of nitrogens with zero attached hydrogens (tertiary/aromatic N) is 2. The quantitative estimate of drug-likeness (QED) is 0.573. The van der Waals surface area contributed by atoms with Crippen molar-refractivity contribution >= 4 is 16.9 Å². The molecule has 1 unspecified atom stereocenters. The van der Waals surface area contributed by atoms with Gasteiger partial charge in [-0.25, -0.2) is 4.98 Å². The van der Waals surface area contributed by atoms with Crippen LogP contribution in [0.15, 0.2) is 60.7 Å². The van der Waals surface area contributed by atoms with E-state index in [4.69, 9.17) is 4.98 Å². The predicted octanol–water partition coefficient (Wildman–Crippen LogP) is 4.83. The van der Waals surface area contributed by atoms with Crippen molar-refractivity contribution in [3.05, 3.63) is 77.6 Å². The van der Waals surface area contributed by atoms with E-state index in [2.05, 4.69) is 54.1 Å². The van der Waals surface area contributed by atoms with Gasteiger partial charge in [-0.3, -0.25) is 4.79 Å². The Bertz CT molecular complexity index is 954. The summed E-state index contributed by atoms with van der Waals surface area (Å²) in [6, 6.07) is 17.1. The van der Waals surface area contributed by atoms with Crippen LogP contribution in [-0.2, 0) is 17.8 Å². The lowest BCUT2D eigenvalue weighted by molar-refractivity contribution is -0.116. The minimum Gasteiger partial charge on any atom is -0.352 e. The molecule has 1 amide bonds. The van der Waals surface area contributed by atoms with Crippen LogP contribution in [0, 0.1) is 0 Å². The fraction of sp³-hybridized carbons (Fsp3) is 0.333. The molecule has 1 N–H and O–H groups in total. The maximum atomic E-state index is 11.7. The van der Waals surface area contributed by atoms with Crippen LogP contribution in [0.2, 0.25) is 0 Å². The fourth-order valence-electron chi connectivity index (χ4n) is 3.37. The minimum absolute atomic E-state index is 0.0641. The molecule has 1 heterocycles. The Morgan fingerprint density at radius 2 is 1.93 bits per heavy atom. The van der Waals surface area contributed by atoms with Crippen LogP contribution in [-0.4, -0.2) is 22.0 Å². The number of aromatic nitrogens is 2. The molecule has 0 aliphatic rings. The molecule has 2 aromatic carbocycles. The Labute approximate surface area is 167 Å². The number of fused-ring (bicyclic) bond motifs is 1. The third kappa shape index (κ3) is 4.69. The van der Waals surface area contributed by atoms with Gasteiger partial charge >= 0.3 is 0 Å². The van der Waals surface area contributed by atoms with Gasteiger partial charge < -0.3 is 9.88 Å². The molecular formula is C24H29N3O. The number of amides is 1. The number of benzene rings is 2. The predicted molar refractivity (Wildman–Crippen MR) is 116 cm³/mol. The van der Waals surface area contributed by atoms with Gasteiger partial charge in [0, 0.05) is 19.5 Å². The van der Waals surface area contributed by atoms with E-state index < -0.39 is 0 Å². The molecule has 1 aromatic heterocycles. The van der Waals surface area contributed by atoms with Crippen LogP contribution in [0.4, 0.5) is 0 Å². The number of imidazole rings is 1. The number of para-hydroxylation sites is 2. The van der Waals surface area contributed by atoms with Crippen LogP contribution in [0.1, 0.15) is 50.1 Å². The summed E-state index contributed by atoms with van der Waals surface area (Å²) in [6.07, 6.45) is 5.13. The number of allylic oxidation sites excluding steroid dienone is 1. The number of hydrogen-bond donors (Lipinski definition) is 1. The lowest BCUT2D eigenvalue weighted by Crippen LogP contribution is -2.24. The first kappa shape index (κ1) is 19.9. The van der Waals surface area contributed by atoms with E-state index in [0.29, 0.717) is 18.9 Å². The van der Waals surface area contributed by atoms with Crippen LogP contribution in [0.3, 0.4) is 0 Å². The molecule has 1 atom stereocenters. The van der Waals surface area contributed by atoms with Gasteiger partial charge in [-0.15, -0.1) is 0 Å². The highest BCUT2D eigenvalue weighted by molar-refractivity contribution is 5.87. The van der Waals surface area contributed by atoms with Gasteiger partial charge in [0.25, 0.3) is 0 Å². The summed E-state index contributed by atoms with van der Waals surface area (Å²) >= 11 is 0. The van der Waals surface area contributed by atoms with Crippen LogP contribution in [0.25, 0.3) is 11.0 Å². The standard InChI is InChI=1S/C24H29N3O/c1-4-8-24(28)25-16-15-23-26-21-9-6-7-10-22(21)27(23)17-19-11-13-20(14-12-19)18(3)5-2/h4,6-14,18H,5,15-17H2,1-3H3,(H,25,28)/b8-4+. The molecule has 4 nitrogen and oxygen atoms in total. The highest BCUT2D eigenvalue weighted by Crippen LogP contribution is 2.21. The molecule has 0 spiro atoms. The summed E-state index contributed by atoms with van der Waals surface area (Å²) < 4.78 is 2.26. The lowest BCUT2D eigenvalue weighted by Gasteiger charge is -2.12. The van der Waals surface area contributed by atoms with Crippen molar-refractivity contribution in [3.63, 3.8) is 0 Å². The third-order valence-electron chi connectivity index (χ3n) is 5.20. The number of carbonyl (C=O) groups excluding carboxylic acids is 1. The summed E-state index contributed by atoms with van der Waals surface area (Å²) in [6.45, 7) is 7.67. The van der Waals surface area contributed by atoms with E-state index in [1.165, 1.54) is 11.1 Å². The first-order valence-electron chi connectivity index (χ1n) is 10.1. The Balaban J connectivity index is 1.81. The zero-order chi connectivity index (χ0) is 19.9. The van der Waals surface area contributed by atoms with Crippen LogP contribution >= 0.6 is 0 Å². The van der Waals surface area contributed by atoms with Crippen molar-refractivity contribution in [1.82, 2.24) is 14.9 Å². The van der Waals surface area contributed by atoms with Crippen LogP contribution < -0.4 is 5.32 Å². The topological polar surface area (TPSA) is 46.9 Å². The molecule has 0 radical (unpaired) electrons. The molecule has 3 aromatic rings. The van der Waals surface area contributed by atoms with E-state index in [9.17, 15) is 4.79 Å².